The number of nitrogens with one attached hydrogen (secondary N) is 1. The van der Waals surface area contributed by atoms with Gasteiger partial charge in [0.05, 0.1) is 6.26 Å². The van der Waals surface area contributed by atoms with Crippen LogP contribution < -0.4 is 16.0 Å². The molecule has 1 amide bonds. The normalized spacial score (nSPS) is 10.1. The van der Waals surface area contributed by atoms with Crippen LogP contribution in [0.4, 0.5) is 0 Å². The van der Waals surface area contributed by atoms with Crippen molar-refractivity contribution in [2.45, 2.75) is 13.5 Å². The molecule has 1 aromatic heterocycles. The summed E-state index contributed by atoms with van der Waals surface area (Å²) in [6.07, 6.45) is 1.39. The van der Waals surface area contributed by atoms with Gasteiger partial charge in [0.15, 0.2) is 11.5 Å². The Morgan fingerprint density at radius 2 is 1.95 bits per heavy atom. The first-order valence-corrected chi connectivity index (χ1v) is 5.93. The molecule has 104 valence electrons. The van der Waals surface area contributed by atoms with Crippen molar-refractivity contribution in [1.82, 2.24) is 5.43 Å². The molecule has 3 N–H and O–H groups in total. The van der Waals surface area contributed by atoms with E-state index < -0.39 is 5.91 Å². The van der Waals surface area contributed by atoms with Crippen LogP contribution in [0.5, 0.6) is 5.75 Å². The molecule has 0 spiro atoms. The molecule has 0 aliphatic rings. The van der Waals surface area contributed by atoms with E-state index in [-0.39, 0.29) is 18.2 Å². The number of nitrogens with two attached hydrogens (primary N) is 1. The second-order valence-electron chi connectivity index (χ2n) is 4.12. The smallest absolute Gasteiger partial charge is 0.301 e. The summed E-state index contributed by atoms with van der Waals surface area (Å²) < 4.78 is 10.6. The van der Waals surface area contributed by atoms with Gasteiger partial charge < -0.3 is 9.15 Å². The van der Waals surface area contributed by atoms with Crippen LogP contribution in [0, 0.1) is 0 Å². The minimum atomic E-state index is -0.513. The van der Waals surface area contributed by atoms with E-state index in [1.807, 2.05) is 5.43 Å². The molecule has 0 saturated carbocycles. The molecular weight excluding hydrogens is 260 g/mol. The van der Waals surface area contributed by atoms with Crippen LogP contribution in [-0.2, 0) is 6.61 Å². The van der Waals surface area contributed by atoms with E-state index in [4.69, 9.17) is 15.0 Å². The lowest BCUT2D eigenvalue weighted by molar-refractivity contribution is 0.0921. The summed E-state index contributed by atoms with van der Waals surface area (Å²) in [6.45, 7) is 1.66. The van der Waals surface area contributed by atoms with Gasteiger partial charge in [-0.25, -0.2) is 5.84 Å². The first kappa shape index (κ1) is 13.8. The topological polar surface area (TPSA) is 94.6 Å². The van der Waals surface area contributed by atoms with Gasteiger partial charge in [0, 0.05) is 11.1 Å². The van der Waals surface area contributed by atoms with E-state index in [0.29, 0.717) is 16.9 Å². The Morgan fingerprint density at radius 1 is 1.25 bits per heavy atom. The van der Waals surface area contributed by atoms with Crippen molar-refractivity contribution in [2.24, 2.45) is 5.84 Å². The van der Waals surface area contributed by atoms with Crippen LogP contribution in [0.1, 0.15) is 33.4 Å². The number of carbonyl (C=O) groups is 2. The summed E-state index contributed by atoms with van der Waals surface area (Å²) in [5, 5.41) is 0. The molecule has 0 fully saturated rings. The van der Waals surface area contributed by atoms with Gasteiger partial charge in [-0.2, -0.15) is 0 Å². The van der Waals surface area contributed by atoms with Gasteiger partial charge in [0.25, 0.3) is 0 Å². The molecule has 0 aliphatic heterocycles. The zero-order valence-electron chi connectivity index (χ0n) is 10.9. The number of rotatable bonds is 5. The van der Waals surface area contributed by atoms with Gasteiger partial charge in [0.2, 0.25) is 0 Å². The third-order valence-electron chi connectivity index (χ3n) is 2.74. The first-order chi connectivity index (χ1) is 9.61. The van der Waals surface area contributed by atoms with Gasteiger partial charge in [-0.1, -0.05) is 0 Å². The number of furan rings is 1. The lowest BCUT2D eigenvalue weighted by Crippen LogP contribution is -2.30. The number of hydrogen-bond donors (Lipinski definition) is 2. The maximum Gasteiger partial charge on any atom is 0.301 e. The lowest BCUT2D eigenvalue weighted by Gasteiger charge is -2.06. The number of hydrogen-bond acceptors (Lipinski definition) is 5. The largest absolute Gasteiger partial charge is 0.489 e. The molecule has 6 heteroatoms. The van der Waals surface area contributed by atoms with E-state index in [0.717, 1.165) is 0 Å². The third kappa shape index (κ3) is 3.04. The van der Waals surface area contributed by atoms with E-state index in [9.17, 15) is 9.59 Å². The van der Waals surface area contributed by atoms with Crippen molar-refractivity contribution in [3.8, 4) is 5.75 Å². The molecule has 0 aliphatic carbocycles. The Balaban J connectivity index is 2.04. The summed E-state index contributed by atoms with van der Waals surface area (Å²) in [7, 11) is 0. The first-order valence-electron chi connectivity index (χ1n) is 5.93. The summed E-state index contributed by atoms with van der Waals surface area (Å²) in [6, 6.07) is 8.38. The van der Waals surface area contributed by atoms with Gasteiger partial charge in [0.1, 0.15) is 12.4 Å². The Bertz CT molecular complexity index is 616. The molecule has 0 radical (unpaired) electrons. The maximum absolute atomic E-state index is 11.4. The SMILES string of the molecule is CC(=O)c1ccc(OCc2ccoc2C(=O)NN)cc1. The Morgan fingerprint density at radius 3 is 2.55 bits per heavy atom. The zero-order valence-corrected chi connectivity index (χ0v) is 10.9. The van der Waals surface area contributed by atoms with Crippen LogP contribution in [0.3, 0.4) is 0 Å². The highest BCUT2D eigenvalue weighted by Gasteiger charge is 2.14. The number of carbonyl (C=O) groups excluding carboxylic acids is 2. The van der Waals surface area contributed by atoms with E-state index in [1.165, 1.54) is 13.2 Å². The Labute approximate surface area is 115 Å². The van der Waals surface area contributed by atoms with E-state index >= 15 is 0 Å². The molecule has 0 saturated heterocycles. The molecule has 2 aromatic rings. The van der Waals surface area contributed by atoms with Crippen LogP contribution >= 0.6 is 0 Å². The molecule has 0 atom stereocenters. The van der Waals surface area contributed by atoms with Crippen LogP contribution in [0.15, 0.2) is 41.0 Å². The molecule has 1 heterocycles. The summed E-state index contributed by atoms with van der Waals surface area (Å²) in [4.78, 5) is 22.5. The van der Waals surface area contributed by atoms with Gasteiger partial charge in [-0.15, -0.1) is 0 Å². The van der Waals surface area contributed by atoms with Crippen molar-refractivity contribution < 1.29 is 18.7 Å². The number of nitrogen functional groups attached to an aromatic ring is 1. The van der Waals surface area contributed by atoms with Crippen LogP contribution in [0.2, 0.25) is 0 Å². The van der Waals surface area contributed by atoms with Crippen molar-refractivity contribution in [1.29, 1.82) is 0 Å². The summed E-state index contributed by atoms with van der Waals surface area (Å²) in [5.74, 6) is 5.24. The standard InChI is InChI=1S/C14H14N2O4/c1-9(17)10-2-4-12(5-3-10)20-8-11-6-7-19-13(11)14(18)16-15/h2-7H,8,15H2,1H3,(H,16,18). The monoisotopic (exact) mass is 274 g/mol. The van der Waals surface area contributed by atoms with Crippen LogP contribution in [-0.4, -0.2) is 11.7 Å². The molecule has 2 rings (SSSR count). The predicted molar refractivity (Wildman–Crippen MR) is 71.1 cm³/mol. The fraction of sp³-hybridized carbons (Fsp3) is 0.143. The number of Topliss-reactive ketones (excluding diaryl/α,β-unsaturated/α-hetero) is 1. The second kappa shape index (κ2) is 6.03. The van der Waals surface area contributed by atoms with Crippen molar-refractivity contribution in [3.05, 3.63) is 53.5 Å². The lowest BCUT2D eigenvalue weighted by atomic mass is 10.1. The number of amides is 1. The molecule has 0 unspecified atom stereocenters. The molecular formula is C14H14N2O4. The highest BCUT2D eigenvalue weighted by molar-refractivity contribution is 5.94. The predicted octanol–water partition coefficient (Wildman–Crippen LogP) is 1.66. The van der Waals surface area contributed by atoms with E-state index in [2.05, 4.69) is 0 Å². The Hall–Kier alpha value is -2.60. The minimum Gasteiger partial charge on any atom is -0.489 e. The van der Waals surface area contributed by atoms with Gasteiger partial charge >= 0.3 is 5.91 Å². The molecule has 1 aromatic carbocycles. The fourth-order valence-electron chi connectivity index (χ4n) is 1.66. The number of ketones is 1. The Kier molecular flexibility index (Phi) is 4.17. The fourth-order valence-corrected chi connectivity index (χ4v) is 1.66. The second-order valence-corrected chi connectivity index (χ2v) is 4.12. The van der Waals surface area contributed by atoms with Gasteiger partial charge in [-0.05, 0) is 37.3 Å². The van der Waals surface area contributed by atoms with Crippen molar-refractivity contribution >= 4 is 11.7 Å². The number of benzene rings is 1. The highest BCUT2D eigenvalue weighted by Crippen LogP contribution is 2.17. The maximum atomic E-state index is 11.4. The van der Waals surface area contributed by atoms with Crippen molar-refractivity contribution in [3.63, 3.8) is 0 Å². The summed E-state index contributed by atoms with van der Waals surface area (Å²) >= 11 is 0. The molecule has 6 nitrogen and oxygen atoms in total. The van der Waals surface area contributed by atoms with E-state index in [1.54, 1.807) is 30.3 Å². The van der Waals surface area contributed by atoms with Gasteiger partial charge in [-0.3, -0.25) is 15.0 Å². The number of hydrazine groups is 1. The molecule has 20 heavy (non-hydrogen) atoms. The summed E-state index contributed by atoms with van der Waals surface area (Å²) in [5.41, 5.74) is 3.20. The van der Waals surface area contributed by atoms with Crippen molar-refractivity contribution in [2.75, 3.05) is 0 Å². The number of ether oxygens (including phenoxy) is 1. The zero-order chi connectivity index (χ0) is 14.5. The molecule has 0 bridgehead atoms. The minimum absolute atomic E-state index is 0.00622. The van der Waals surface area contributed by atoms with Crippen LogP contribution in [0.25, 0.3) is 0 Å². The highest BCUT2D eigenvalue weighted by atomic mass is 16.5. The average Bonchev–Trinajstić information content (AvgIpc) is 2.93. The third-order valence-corrected chi connectivity index (χ3v) is 2.74. The quantitative estimate of drug-likeness (QED) is 0.374. The average molecular weight is 274 g/mol.